The van der Waals surface area contributed by atoms with Crippen LogP contribution in [0.25, 0.3) is 0 Å². The van der Waals surface area contributed by atoms with E-state index in [1.807, 2.05) is 44.4 Å². The molecule has 0 spiro atoms. The predicted molar refractivity (Wildman–Crippen MR) is 200 cm³/mol. The summed E-state index contributed by atoms with van der Waals surface area (Å²) in [6, 6.07) is 19.3. The number of benzene rings is 2. The molecule has 11 heteroatoms. The van der Waals surface area contributed by atoms with Crippen LogP contribution in [0.1, 0.15) is 73.7 Å². The zero-order valence-corrected chi connectivity index (χ0v) is 31.3. The maximum atomic E-state index is 13.4. The first kappa shape index (κ1) is 36.7. The van der Waals surface area contributed by atoms with Gasteiger partial charge in [0.15, 0.2) is 0 Å². The molecule has 3 aromatic rings. The van der Waals surface area contributed by atoms with Crippen LogP contribution < -0.4 is 14.9 Å². The highest BCUT2D eigenvalue weighted by molar-refractivity contribution is 7.99. The fourth-order valence-electron chi connectivity index (χ4n) is 6.87. The Kier molecular flexibility index (Phi) is 12.9. The van der Waals surface area contributed by atoms with E-state index in [2.05, 4.69) is 46.1 Å². The van der Waals surface area contributed by atoms with Gasteiger partial charge in [0.25, 0.3) is 15.9 Å². The van der Waals surface area contributed by atoms with E-state index in [0.717, 1.165) is 73.2 Å². The third-order valence-electron chi connectivity index (χ3n) is 9.83. The zero-order valence-electron chi connectivity index (χ0n) is 28.9. The summed E-state index contributed by atoms with van der Waals surface area (Å²) < 4.78 is 35.3. The number of thiophene rings is 1. The molecule has 1 aromatic heterocycles. The molecule has 2 aliphatic rings. The molecule has 5 rings (SSSR count). The SMILES string of the molecule is COC1(CC2CCCCC2)CCN(c2ccc(C(=O)NS(=O)(=O)c3cc(C)c(N[C@H](CCN(C)C)CSc4ccccc4)s3)cc2)CC1. The summed E-state index contributed by atoms with van der Waals surface area (Å²) in [6.45, 7) is 4.60. The number of methoxy groups -OCH3 is 1. The van der Waals surface area contributed by atoms with E-state index in [1.54, 1.807) is 30.0 Å². The van der Waals surface area contributed by atoms with Gasteiger partial charge in [0.05, 0.1) is 10.6 Å². The van der Waals surface area contributed by atoms with Crippen LogP contribution in [0.3, 0.4) is 0 Å². The third kappa shape index (κ3) is 10.00. The maximum Gasteiger partial charge on any atom is 0.273 e. The minimum atomic E-state index is -4.04. The number of hydrogen-bond acceptors (Lipinski definition) is 9. The Morgan fingerprint density at radius 3 is 2.40 bits per heavy atom. The first-order valence-corrected chi connectivity index (χ1v) is 20.5. The smallest absolute Gasteiger partial charge is 0.273 e. The van der Waals surface area contributed by atoms with Crippen molar-refractivity contribution in [2.45, 2.75) is 85.5 Å². The van der Waals surface area contributed by atoms with Gasteiger partial charge < -0.3 is 19.9 Å². The van der Waals surface area contributed by atoms with Crippen LogP contribution in [0, 0.1) is 12.8 Å². The molecule has 1 amide bonds. The van der Waals surface area contributed by atoms with Crippen molar-refractivity contribution in [2.24, 2.45) is 5.92 Å². The van der Waals surface area contributed by atoms with Crippen LogP contribution in [-0.4, -0.2) is 77.5 Å². The van der Waals surface area contributed by atoms with Gasteiger partial charge in [0, 0.05) is 48.1 Å². The van der Waals surface area contributed by atoms with Crippen LogP contribution in [0.2, 0.25) is 0 Å². The molecule has 48 heavy (non-hydrogen) atoms. The molecule has 2 aromatic carbocycles. The summed E-state index contributed by atoms with van der Waals surface area (Å²) >= 11 is 2.95. The summed E-state index contributed by atoms with van der Waals surface area (Å²) in [5.74, 6) is 0.985. The number of ether oxygens (including phenoxy) is 1. The quantitative estimate of drug-likeness (QED) is 0.155. The standard InChI is InChI=1S/C37H52N4O4S3/c1-28-25-34(47-36(28)38-31(19-22-40(2)3)27-46-33-13-9-6-10-14-33)48(43,44)39-35(42)30-15-17-32(18-16-30)41-23-20-37(45-4,21-24-41)26-29-11-7-5-8-12-29/h6,9-10,13-18,25,29,31,38H,5,7-8,11-12,19-24,26-27H2,1-4H3,(H,39,42)/t31-/m1/s1. The number of aryl methyl sites for hydroxylation is 1. The lowest BCUT2D eigenvalue weighted by Gasteiger charge is -2.44. The molecule has 8 nitrogen and oxygen atoms in total. The number of hydrogen-bond donors (Lipinski definition) is 2. The van der Waals surface area contributed by atoms with Crippen molar-refractivity contribution in [2.75, 3.05) is 56.8 Å². The lowest BCUT2D eigenvalue weighted by atomic mass is 9.77. The molecule has 1 saturated heterocycles. The topological polar surface area (TPSA) is 91.0 Å². The van der Waals surface area contributed by atoms with Crippen molar-refractivity contribution in [3.05, 3.63) is 71.8 Å². The fourth-order valence-corrected chi connectivity index (χ4v) is 10.4. The van der Waals surface area contributed by atoms with Gasteiger partial charge in [-0.1, -0.05) is 50.3 Å². The van der Waals surface area contributed by atoms with Crippen LogP contribution in [-0.2, 0) is 14.8 Å². The van der Waals surface area contributed by atoms with Crippen LogP contribution in [0.15, 0.2) is 69.8 Å². The van der Waals surface area contributed by atoms with Gasteiger partial charge >= 0.3 is 0 Å². The molecule has 1 atom stereocenters. The number of carbonyl (C=O) groups is 1. The average Bonchev–Trinajstić information content (AvgIpc) is 3.47. The van der Waals surface area contributed by atoms with E-state index in [0.29, 0.717) is 5.56 Å². The Hall–Kier alpha value is -2.57. The van der Waals surface area contributed by atoms with E-state index < -0.39 is 15.9 Å². The number of rotatable bonds is 15. The molecular formula is C37H52N4O4S3. The number of thioether (sulfide) groups is 1. The minimum Gasteiger partial charge on any atom is -0.378 e. The Labute approximate surface area is 296 Å². The van der Waals surface area contributed by atoms with Crippen molar-refractivity contribution in [1.29, 1.82) is 0 Å². The van der Waals surface area contributed by atoms with Gasteiger partial charge in [-0.15, -0.1) is 23.1 Å². The van der Waals surface area contributed by atoms with Crippen molar-refractivity contribution < 1.29 is 17.9 Å². The second kappa shape index (κ2) is 16.9. The van der Waals surface area contributed by atoms with Gasteiger partial charge in [-0.05, 0) is 107 Å². The molecule has 0 radical (unpaired) electrons. The molecular weight excluding hydrogens is 661 g/mol. The van der Waals surface area contributed by atoms with E-state index in [4.69, 9.17) is 4.74 Å². The van der Waals surface area contributed by atoms with Gasteiger partial charge in [-0.25, -0.2) is 13.1 Å². The summed E-state index contributed by atoms with van der Waals surface area (Å²) in [5, 5.41) is 4.41. The molecule has 0 unspecified atom stereocenters. The largest absolute Gasteiger partial charge is 0.378 e. The normalized spacial score (nSPS) is 17.7. The van der Waals surface area contributed by atoms with Crippen molar-refractivity contribution in [3.63, 3.8) is 0 Å². The minimum absolute atomic E-state index is 0.0452. The van der Waals surface area contributed by atoms with E-state index in [-0.39, 0.29) is 15.9 Å². The number of sulfonamides is 1. The van der Waals surface area contributed by atoms with E-state index >= 15 is 0 Å². The Morgan fingerprint density at radius 1 is 1.06 bits per heavy atom. The monoisotopic (exact) mass is 712 g/mol. The predicted octanol–water partition coefficient (Wildman–Crippen LogP) is 7.66. The summed E-state index contributed by atoms with van der Waals surface area (Å²) in [4.78, 5) is 18.8. The molecule has 2 heterocycles. The Morgan fingerprint density at radius 2 is 1.75 bits per heavy atom. The van der Waals surface area contributed by atoms with Crippen molar-refractivity contribution >= 4 is 49.7 Å². The number of carbonyl (C=O) groups excluding carboxylic acids is 1. The number of amides is 1. The number of anilines is 2. The lowest BCUT2D eigenvalue weighted by Crippen LogP contribution is -2.47. The molecule has 1 saturated carbocycles. The van der Waals surface area contributed by atoms with Crippen molar-refractivity contribution in [3.8, 4) is 0 Å². The highest BCUT2D eigenvalue weighted by Crippen LogP contribution is 2.39. The number of nitrogens with zero attached hydrogens (tertiary/aromatic N) is 2. The maximum absolute atomic E-state index is 13.4. The van der Waals surface area contributed by atoms with E-state index in [9.17, 15) is 13.2 Å². The van der Waals surface area contributed by atoms with Crippen molar-refractivity contribution in [1.82, 2.24) is 9.62 Å². The van der Waals surface area contributed by atoms with E-state index in [1.165, 1.54) is 48.3 Å². The Balaban J connectivity index is 1.17. The van der Waals surface area contributed by atoms with Gasteiger partial charge in [-0.3, -0.25) is 4.79 Å². The fraction of sp³-hybridized carbons (Fsp3) is 0.541. The third-order valence-corrected chi connectivity index (χ3v) is 14.0. The summed E-state index contributed by atoms with van der Waals surface area (Å²) in [5.41, 5.74) is 2.15. The number of nitrogens with one attached hydrogen (secondary N) is 2. The summed E-state index contributed by atoms with van der Waals surface area (Å²) in [6.07, 6.45) is 10.7. The van der Waals surface area contributed by atoms with Crippen LogP contribution in [0.5, 0.6) is 0 Å². The molecule has 1 aliphatic carbocycles. The van der Waals surface area contributed by atoms with Gasteiger partial charge in [-0.2, -0.15) is 0 Å². The molecule has 1 aliphatic heterocycles. The Bertz CT molecular complexity index is 1560. The molecule has 2 N–H and O–H groups in total. The highest BCUT2D eigenvalue weighted by atomic mass is 32.2. The molecule has 0 bridgehead atoms. The highest BCUT2D eigenvalue weighted by Gasteiger charge is 2.37. The number of piperidine rings is 1. The molecule has 262 valence electrons. The average molecular weight is 713 g/mol. The second-order valence-electron chi connectivity index (χ2n) is 13.7. The molecule has 2 fully saturated rings. The zero-order chi connectivity index (χ0) is 34.1. The second-order valence-corrected chi connectivity index (χ2v) is 17.8. The summed E-state index contributed by atoms with van der Waals surface area (Å²) in [7, 11) is 1.93. The van der Waals surface area contributed by atoms with Crippen LogP contribution in [0.4, 0.5) is 10.7 Å². The van der Waals surface area contributed by atoms with Gasteiger partial charge in [0.2, 0.25) is 0 Å². The van der Waals surface area contributed by atoms with Gasteiger partial charge in [0.1, 0.15) is 4.21 Å². The first-order valence-electron chi connectivity index (χ1n) is 17.2. The first-order chi connectivity index (χ1) is 23.1. The lowest BCUT2D eigenvalue weighted by molar-refractivity contribution is -0.0506. The van der Waals surface area contributed by atoms with Crippen LogP contribution >= 0.6 is 23.1 Å².